The van der Waals surface area contributed by atoms with Gasteiger partial charge >= 0.3 is 6.03 Å². The molecule has 7 nitrogen and oxygen atoms in total. The lowest BCUT2D eigenvalue weighted by Gasteiger charge is -2.33. The molecule has 0 bridgehead atoms. The number of amides is 4. The van der Waals surface area contributed by atoms with Crippen molar-refractivity contribution in [2.24, 2.45) is 11.3 Å². The van der Waals surface area contributed by atoms with Gasteiger partial charge in [0.15, 0.2) is 0 Å². The summed E-state index contributed by atoms with van der Waals surface area (Å²) in [6.07, 6.45) is 0.361. The number of carbonyl (C=O) groups excluding carboxylic acids is 3. The highest BCUT2D eigenvalue weighted by molar-refractivity contribution is 5.81. The monoisotopic (exact) mass is 324 g/mol. The fraction of sp³-hybridized carbons (Fsp3) is 0.812. The fourth-order valence-electron chi connectivity index (χ4n) is 3.30. The SMILES string of the molecule is CC(C)NC(=O)N1CCN(C(=O)C(C)C)CC2(CNC(=O)C2)C1. The average Bonchev–Trinajstić information content (AvgIpc) is 2.69. The summed E-state index contributed by atoms with van der Waals surface area (Å²) >= 11 is 0. The zero-order valence-corrected chi connectivity index (χ0v) is 14.5. The zero-order valence-electron chi connectivity index (χ0n) is 14.5. The lowest BCUT2D eigenvalue weighted by Crippen LogP contribution is -2.49. The summed E-state index contributed by atoms with van der Waals surface area (Å²) in [4.78, 5) is 40.1. The Morgan fingerprint density at radius 1 is 1.13 bits per heavy atom. The molecule has 0 aromatic rings. The van der Waals surface area contributed by atoms with Gasteiger partial charge in [-0.1, -0.05) is 13.8 Å². The largest absolute Gasteiger partial charge is 0.355 e. The minimum absolute atomic E-state index is 0.00642. The van der Waals surface area contributed by atoms with Gasteiger partial charge < -0.3 is 20.4 Å². The summed E-state index contributed by atoms with van der Waals surface area (Å²) < 4.78 is 0. The maximum absolute atomic E-state index is 12.4. The zero-order chi connectivity index (χ0) is 17.2. The highest BCUT2D eigenvalue weighted by atomic mass is 16.2. The maximum atomic E-state index is 12.4. The van der Waals surface area contributed by atoms with Gasteiger partial charge in [-0.05, 0) is 13.8 Å². The number of urea groups is 1. The van der Waals surface area contributed by atoms with Crippen molar-refractivity contribution in [2.75, 3.05) is 32.7 Å². The molecular formula is C16H28N4O3. The van der Waals surface area contributed by atoms with E-state index in [1.54, 1.807) is 4.90 Å². The molecule has 4 amide bonds. The molecule has 0 aromatic carbocycles. The molecule has 2 fully saturated rings. The van der Waals surface area contributed by atoms with Crippen LogP contribution in [0.15, 0.2) is 0 Å². The van der Waals surface area contributed by atoms with Crippen LogP contribution in [0.2, 0.25) is 0 Å². The van der Waals surface area contributed by atoms with E-state index in [-0.39, 0.29) is 35.2 Å². The van der Waals surface area contributed by atoms with Gasteiger partial charge in [0, 0.05) is 56.5 Å². The average molecular weight is 324 g/mol. The highest BCUT2D eigenvalue weighted by Gasteiger charge is 2.45. The highest BCUT2D eigenvalue weighted by Crippen LogP contribution is 2.31. The normalized spacial score (nSPS) is 25.0. The van der Waals surface area contributed by atoms with Gasteiger partial charge in [-0.2, -0.15) is 0 Å². The molecule has 2 N–H and O–H groups in total. The van der Waals surface area contributed by atoms with Crippen molar-refractivity contribution in [3.05, 3.63) is 0 Å². The standard InChI is InChI=1S/C16H28N4O3/c1-11(2)14(22)19-5-6-20(15(23)18-12(3)4)10-16(9-19)7-13(21)17-8-16/h11-12H,5-10H2,1-4H3,(H,17,21)(H,18,23). The van der Waals surface area contributed by atoms with Crippen LogP contribution < -0.4 is 10.6 Å². The van der Waals surface area contributed by atoms with Crippen molar-refractivity contribution in [3.63, 3.8) is 0 Å². The number of carbonyl (C=O) groups is 3. The molecule has 23 heavy (non-hydrogen) atoms. The van der Waals surface area contributed by atoms with Crippen LogP contribution in [0.3, 0.4) is 0 Å². The molecule has 7 heteroatoms. The van der Waals surface area contributed by atoms with Crippen LogP contribution in [-0.4, -0.2) is 66.4 Å². The summed E-state index contributed by atoms with van der Waals surface area (Å²) in [6.45, 7) is 10.1. The number of nitrogens with one attached hydrogen (secondary N) is 2. The Morgan fingerprint density at radius 2 is 1.74 bits per heavy atom. The van der Waals surface area contributed by atoms with Crippen LogP contribution in [-0.2, 0) is 9.59 Å². The molecule has 0 aliphatic carbocycles. The van der Waals surface area contributed by atoms with Crippen molar-refractivity contribution in [1.29, 1.82) is 0 Å². The Hall–Kier alpha value is -1.79. The maximum Gasteiger partial charge on any atom is 0.317 e. The number of rotatable bonds is 2. The van der Waals surface area contributed by atoms with E-state index in [1.807, 2.05) is 32.6 Å². The van der Waals surface area contributed by atoms with E-state index in [4.69, 9.17) is 0 Å². The second-order valence-corrected chi connectivity index (χ2v) is 7.39. The predicted molar refractivity (Wildman–Crippen MR) is 86.7 cm³/mol. The second kappa shape index (κ2) is 6.76. The van der Waals surface area contributed by atoms with Crippen molar-refractivity contribution >= 4 is 17.8 Å². The first-order valence-electron chi connectivity index (χ1n) is 8.33. The van der Waals surface area contributed by atoms with Crippen molar-refractivity contribution in [1.82, 2.24) is 20.4 Å². The van der Waals surface area contributed by atoms with Crippen molar-refractivity contribution in [2.45, 2.75) is 40.2 Å². The second-order valence-electron chi connectivity index (χ2n) is 7.39. The van der Waals surface area contributed by atoms with E-state index in [2.05, 4.69) is 10.6 Å². The van der Waals surface area contributed by atoms with Crippen LogP contribution >= 0.6 is 0 Å². The molecule has 0 aromatic heterocycles. The Labute approximate surface area is 137 Å². The van der Waals surface area contributed by atoms with Gasteiger partial charge in [-0.3, -0.25) is 9.59 Å². The van der Waals surface area contributed by atoms with Gasteiger partial charge in [0.05, 0.1) is 0 Å². The lowest BCUT2D eigenvalue weighted by molar-refractivity contribution is -0.135. The number of hydrogen-bond donors (Lipinski definition) is 2. The van der Waals surface area contributed by atoms with E-state index in [9.17, 15) is 14.4 Å². The minimum atomic E-state index is -0.382. The molecular weight excluding hydrogens is 296 g/mol. The van der Waals surface area contributed by atoms with Crippen molar-refractivity contribution in [3.8, 4) is 0 Å². The van der Waals surface area contributed by atoms with E-state index in [0.29, 0.717) is 39.1 Å². The number of hydrogen-bond acceptors (Lipinski definition) is 3. The van der Waals surface area contributed by atoms with E-state index in [0.717, 1.165) is 0 Å². The van der Waals surface area contributed by atoms with Gasteiger partial charge in [0.1, 0.15) is 0 Å². The third kappa shape index (κ3) is 4.14. The molecule has 2 heterocycles. The minimum Gasteiger partial charge on any atom is -0.355 e. The van der Waals surface area contributed by atoms with E-state index in [1.165, 1.54) is 0 Å². The molecule has 1 spiro atoms. The molecule has 1 atom stereocenters. The van der Waals surface area contributed by atoms with Gasteiger partial charge in [-0.15, -0.1) is 0 Å². The van der Waals surface area contributed by atoms with Crippen LogP contribution in [0.5, 0.6) is 0 Å². The molecule has 1 unspecified atom stereocenters. The number of nitrogens with zero attached hydrogens (tertiary/aromatic N) is 2. The van der Waals surface area contributed by atoms with Crippen LogP contribution in [0.25, 0.3) is 0 Å². The fourth-order valence-corrected chi connectivity index (χ4v) is 3.30. The summed E-state index contributed by atoms with van der Waals surface area (Å²) in [6, 6.07) is -0.0731. The first-order valence-corrected chi connectivity index (χ1v) is 8.33. The molecule has 2 aliphatic heterocycles. The smallest absolute Gasteiger partial charge is 0.317 e. The van der Waals surface area contributed by atoms with Crippen LogP contribution in [0.1, 0.15) is 34.1 Å². The van der Waals surface area contributed by atoms with Crippen LogP contribution in [0, 0.1) is 11.3 Å². The van der Waals surface area contributed by atoms with Crippen LogP contribution in [0.4, 0.5) is 4.79 Å². The molecule has 0 saturated carbocycles. The topological polar surface area (TPSA) is 81.8 Å². The summed E-state index contributed by atoms with van der Waals surface area (Å²) in [5.41, 5.74) is -0.382. The quantitative estimate of drug-likeness (QED) is 0.772. The lowest BCUT2D eigenvalue weighted by atomic mass is 9.86. The van der Waals surface area contributed by atoms with Gasteiger partial charge in [0.25, 0.3) is 0 Å². The summed E-state index contributed by atoms with van der Waals surface area (Å²) in [5.74, 6) is -0.0175. The molecule has 130 valence electrons. The van der Waals surface area contributed by atoms with Crippen molar-refractivity contribution < 1.29 is 14.4 Å². The Morgan fingerprint density at radius 3 is 2.26 bits per heavy atom. The third-order valence-electron chi connectivity index (χ3n) is 4.39. The molecule has 2 aliphatic rings. The predicted octanol–water partition coefficient (Wildman–Crippen LogP) is 0.411. The Bertz CT molecular complexity index is 492. The Balaban J connectivity index is 2.19. The van der Waals surface area contributed by atoms with E-state index >= 15 is 0 Å². The van der Waals surface area contributed by atoms with Gasteiger partial charge in [0.2, 0.25) is 11.8 Å². The first-order chi connectivity index (χ1) is 10.7. The molecule has 0 radical (unpaired) electrons. The van der Waals surface area contributed by atoms with E-state index < -0.39 is 0 Å². The summed E-state index contributed by atoms with van der Waals surface area (Å²) in [5, 5.41) is 5.76. The third-order valence-corrected chi connectivity index (χ3v) is 4.39. The summed E-state index contributed by atoms with van der Waals surface area (Å²) in [7, 11) is 0. The van der Waals surface area contributed by atoms with Gasteiger partial charge in [-0.25, -0.2) is 4.79 Å². The molecule has 2 saturated heterocycles. The first kappa shape index (κ1) is 17.6. The Kier molecular flexibility index (Phi) is 5.16. The molecule has 2 rings (SSSR count).